The summed E-state index contributed by atoms with van der Waals surface area (Å²) in [4.78, 5) is 63.8. The van der Waals surface area contributed by atoms with E-state index in [1.807, 2.05) is 6.07 Å². The van der Waals surface area contributed by atoms with Crippen molar-refractivity contribution in [1.82, 2.24) is 10.2 Å². The van der Waals surface area contributed by atoms with E-state index in [-0.39, 0.29) is 18.7 Å². The molecule has 1 spiro atoms. The molecule has 1 unspecified atom stereocenters. The first-order valence-electron chi connectivity index (χ1n) is 11.9. The number of fused-ring (bicyclic) bond motifs is 1. The number of amides is 4. The van der Waals surface area contributed by atoms with Gasteiger partial charge in [-0.15, -0.1) is 0 Å². The van der Waals surface area contributed by atoms with Gasteiger partial charge in [0.2, 0.25) is 11.8 Å². The van der Waals surface area contributed by atoms with Crippen molar-refractivity contribution in [1.29, 1.82) is 0 Å². The van der Waals surface area contributed by atoms with E-state index in [2.05, 4.69) is 10.2 Å². The highest BCUT2D eigenvalue weighted by atomic mass is 16.2. The number of nitrogens with one attached hydrogen (secondary N) is 1. The molecule has 1 saturated carbocycles. The number of hydrogen-bond acceptors (Lipinski definition) is 6. The lowest BCUT2D eigenvalue weighted by Crippen LogP contribution is -2.54. The molecule has 4 amide bonds. The van der Waals surface area contributed by atoms with E-state index < -0.39 is 23.8 Å². The third-order valence-electron chi connectivity index (χ3n) is 8.21. The van der Waals surface area contributed by atoms with Gasteiger partial charge in [0.1, 0.15) is 12.3 Å². The van der Waals surface area contributed by atoms with Crippen LogP contribution in [-0.4, -0.2) is 53.9 Å². The quantitative estimate of drug-likeness (QED) is 0.557. The van der Waals surface area contributed by atoms with Gasteiger partial charge in [-0.25, -0.2) is 0 Å². The van der Waals surface area contributed by atoms with Gasteiger partial charge in [-0.2, -0.15) is 0 Å². The minimum atomic E-state index is -0.942. The predicted molar refractivity (Wildman–Crippen MR) is 120 cm³/mol. The number of anilines is 1. The van der Waals surface area contributed by atoms with Gasteiger partial charge in [-0.05, 0) is 74.5 Å². The Morgan fingerprint density at radius 1 is 0.939 bits per heavy atom. The fraction of sp³-hybridized carbons (Fsp3) is 0.560. The molecule has 2 saturated heterocycles. The molecule has 0 bridgehead atoms. The van der Waals surface area contributed by atoms with Gasteiger partial charge < -0.3 is 9.69 Å². The number of aldehydes is 1. The summed E-state index contributed by atoms with van der Waals surface area (Å²) in [5.41, 5.74) is 1.93. The maximum Gasteiger partial charge on any atom is 0.262 e. The molecule has 8 heteroatoms. The van der Waals surface area contributed by atoms with Gasteiger partial charge in [0.25, 0.3) is 11.8 Å². The average Bonchev–Trinajstić information content (AvgIpc) is 3.06. The van der Waals surface area contributed by atoms with E-state index in [9.17, 15) is 24.0 Å². The van der Waals surface area contributed by atoms with E-state index in [1.165, 1.54) is 12.8 Å². The van der Waals surface area contributed by atoms with Crippen LogP contribution in [0.1, 0.15) is 78.5 Å². The lowest BCUT2D eigenvalue weighted by atomic mass is 9.65. The Labute approximate surface area is 192 Å². The fourth-order valence-electron chi connectivity index (χ4n) is 6.06. The molecular weight excluding hydrogens is 422 g/mol. The molecular formula is C25H29N3O5. The number of nitrogens with zero attached hydrogens (tertiary/aromatic N) is 2. The molecule has 0 aromatic heterocycles. The van der Waals surface area contributed by atoms with Gasteiger partial charge in [0, 0.05) is 31.6 Å². The molecule has 4 aliphatic rings. The summed E-state index contributed by atoms with van der Waals surface area (Å²) in [6.07, 6.45) is 8.79. The Kier molecular flexibility index (Phi) is 5.54. The summed E-state index contributed by atoms with van der Waals surface area (Å²) in [6, 6.07) is 4.41. The number of rotatable bonds is 4. The van der Waals surface area contributed by atoms with Crippen molar-refractivity contribution in [2.24, 2.45) is 11.3 Å². The Balaban J connectivity index is 1.27. The van der Waals surface area contributed by atoms with E-state index in [1.54, 1.807) is 12.1 Å². The normalized spacial score (nSPS) is 25.4. The van der Waals surface area contributed by atoms with Gasteiger partial charge in [0.15, 0.2) is 0 Å². The van der Waals surface area contributed by atoms with Crippen molar-refractivity contribution in [3.63, 3.8) is 0 Å². The van der Waals surface area contributed by atoms with Gasteiger partial charge in [-0.1, -0.05) is 0 Å². The van der Waals surface area contributed by atoms with E-state index in [0.717, 1.165) is 55.6 Å². The summed E-state index contributed by atoms with van der Waals surface area (Å²) < 4.78 is 0. The van der Waals surface area contributed by atoms with Crippen LogP contribution in [0.15, 0.2) is 18.2 Å². The summed E-state index contributed by atoms with van der Waals surface area (Å²) in [5, 5.41) is 2.23. The monoisotopic (exact) mass is 451 g/mol. The third kappa shape index (κ3) is 3.85. The molecule has 0 radical (unpaired) electrons. The zero-order valence-electron chi connectivity index (χ0n) is 18.7. The molecule has 1 aromatic carbocycles. The first kappa shape index (κ1) is 21.8. The molecule has 1 aromatic rings. The Hall–Kier alpha value is -3.03. The second kappa shape index (κ2) is 8.39. The second-order valence-electron chi connectivity index (χ2n) is 10.0. The predicted octanol–water partition coefficient (Wildman–Crippen LogP) is 2.45. The highest BCUT2D eigenvalue weighted by Crippen LogP contribution is 2.47. The van der Waals surface area contributed by atoms with Crippen LogP contribution in [0.5, 0.6) is 0 Å². The van der Waals surface area contributed by atoms with Gasteiger partial charge >= 0.3 is 0 Å². The first-order valence-corrected chi connectivity index (χ1v) is 11.9. The smallest absolute Gasteiger partial charge is 0.262 e. The van der Waals surface area contributed by atoms with Crippen LogP contribution in [0.2, 0.25) is 0 Å². The van der Waals surface area contributed by atoms with E-state index in [0.29, 0.717) is 28.9 Å². The highest BCUT2D eigenvalue weighted by Gasteiger charge is 2.45. The Morgan fingerprint density at radius 3 is 2.30 bits per heavy atom. The average molecular weight is 452 g/mol. The second-order valence-corrected chi connectivity index (χ2v) is 10.0. The molecule has 3 aliphatic heterocycles. The summed E-state index contributed by atoms with van der Waals surface area (Å²) in [6.45, 7) is 1.80. The molecule has 33 heavy (non-hydrogen) atoms. The molecule has 174 valence electrons. The van der Waals surface area contributed by atoms with Crippen molar-refractivity contribution >= 4 is 35.6 Å². The maximum atomic E-state index is 13.1. The van der Waals surface area contributed by atoms with Crippen molar-refractivity contribution < 1.29 is 24.0 Å². The third-order valence-corrected chi connectivity index (χ3v) is 8.21. The van der Waals surface area contributed by atoms with Crippen LogP contribution < -0.4 is 10.2 Å². The van der Waals surface area contributed by atoms with Crippen molar-refractivity contribution in [2.75, 3.05) is 18.0 Å². The summed E-state index contributed by atoms with van der Waals surface area (Å²) in [7, 11) is 0. The van der Waals surface area contributed by atoms with Crippen molar-refractivity contribution in [3.8, 4) is 0 Å². The maximum absolute atomic E-state index is 13.1. The minimum absolute atomic E-state index is 0.112. The zero-order chi connectivity index (χ0) is 23.2. The van der Waals surface area contributed by atoms with Crippen LogP contribution in [0.4, 0.5) is 5.69 Å². The number of carbonyl (C=O) groups excluding carboxylic acids is 5. The minimum Gasteiger partial charge on any atom is -0.371 e. The standard InChI is InChI=1S/C25H29N3O5/c29-14-7-16-5-8-25(9-6-16)10-12-27(13-11-25)17-1-2-18-19(15-17)24(33)28(23(18)32)20-3-4-21(30)26-22(20)31/h1-2,14-16,20H,3-13H2,(H,26,30,31). The number of piperidine rings is 2. The van der Waals surface area contributed by atoms with Crippen molar-refractivity contribution in [2.45, 2.75) is 63.8 Å². The van der Waals surface area contributed by atoms with Gasteiger partial charge in [0.05, 0.1) is 11.1 Å². The largest absolute Gasteiger partial charge is 0.371 e. The van der Waals surface area contributed by atoms with Crippen LogP contribution in [-0.2, 0) is 14.4 Å². The fourth-order valence-corrected chi connectivity index (χ4v) is 6.06. The molecule has 3 fully saturated rings. The number of imide groups is 2. The van der Waals surface area contributed by atoms with Crippen LogP contribution >= 0.6 is 0 Å². The molecule has 1 N–H and O–H groups in total. The lowest BCUT2D eigenvalue weighted by Gasteiger charge is -2.46. The van der Waals surface area contributed by atoms with Crippen LogP contribution in [0, 0.1) is 11.3 Å². The summed E-state index contributed by atoms with van der Waals surface area (Å²) >= 11 is 0. The Morgan fingerprint density at radius 2 is 1.64 bits per heavy atom. The number of benzene rings is 1. The van der Waals surface area contributed by atoms with E-state index in [4.69, 9.17) is 0 Å². The van der Waals surface area contributed by atoms with Crippen LogP contribution in [0.3, 0.4) is 0 Å². The molecule has 1 atom stereocenters. The Bertz CT molecular complexity index is 1020. The van der Waals surface area contributed by atoms with Gasteiger partial charge in [-0.3, -0.25) is 29.4 Å². The molecule has 3 heterocycles. The first-order chi connectivity index (χ1) is 15.9. The summed E-state index contributed by atoms with van der Waals surface area (Å²) in [5.74, 6) is -1.37. The van der Waals surface area contributed by atoms with E-state index >= 15 is 0 Å². The molecule has 5 rings (SSSR count). The topological polar surface area (TPSA) is 104 Å². The lowest BCUT2D eigenvalue weighted by molar-refractivity contribution is -0.136. The zero-order valence-corrected chi connectivity index (χ0v) is 18.7. The number of hydrogen-bond donors (Lipinski definition) is 1. The molecule has 1 aliphatic carbocycles. The molecule has 8 nitrogen and oxygen atoms in total. The van der Waals surface area contributed by atoms with Crippen LogP contribution in [0.25, 0.3) is 0 Å². The highest BCUT2D eigenvalue weighted by molar-refractivity contribution is 6.23. The number of carbonyl (C=O) groups is 5. The SMILES string of the molecule is O=CCC1CCC2(CC1)CCN(c1ccc3c(c1)C(=O)N(C1CCC(=O)NC1=O)C3=O)CC2. The van der Waals surface area contributed by atoms with Crippen molar-refractivity contribution in [3.05, 3.63) is 29.3 Å².